The number of rotatable bonds is 1. The Morgan fingerprint density at radius 2 is 2.04 bits per heavy atom. The molecule has 1 fully saturated rings. The van der Waals surface area contributed by atoms with Crippen LogP contribution in [0.5, 0.6) is 0 Å². The molecule has 0 aromatic heterocycles. The Morgan fingerprint density at radius 1 is 1.27 bits per heavy atom. The number of ether oxygens (including phenoxy) is 3. The summed E-state index contributed by atoms with van der Waals surface area (Å²) in [6, 6.07) is 0. The quantitative estimate of drug-likeness (QED) is 0.404. The molecule has 3 atom stereocenters. The standard InChI is InChI=1S/C21H28O5/c1-13-7-10-18-21(3,26-18)11-5-6-15(20(23)24-4)8-9-16-14(2)19(22)25-17(16)12-13/h6,12,17-18H,5,7-11H2,1-4H3. The number of epoxide rings is 1. The van der Waals surface area contributed by atoms with Crippen molar-refractivity contribution in [3.8, 4) is 0 Å². The highest BCUT2D eigenvalue weighted by Gasteiger charge is 2.50. The third kappa shape index (κ3) is 3.93. The first-order chi connectivity index (χ1) is 12.3. The van der Waals surface area contributed by atoms with Gasteiger partial charge in [-0.25, -0.2) is 9.59 Å². The molecule has 1 saturated heterocycles. The Balaban J connectivity index is 1.86. The van der Waals surface area contributed by atoms with E-state index in [0.717, 1.165) is 31.3 Å². The van der Waals surface area contributed by atoms with Crippen LogP contribution in [-0.2, 0) is 23.8 Å². The minimum Gasteiger partial charge on any atom is -0.466 e. The molecule has 0 bridgehead atoms. The van der Waals surface area contributed by atoms with Gasteiger partial charge in [0, 0.05) is 11.1 Å². The Kier molecular flexibility index (Phi) is 5.37. The second kappa shape index (κ2) is 7.39. The molecule has 1 aliphatic carbocycles. The molecule has 142 valence electrons. The van der Waals surface area contributed by atoms with Gasteiger partial charge in [-0.3, -0.25) is 0 Å². The highest BCUT2D eigenvalue weighted by Crippen LogP contribution is 2.44. The number of hydrogen-bond acceptors (Lipinski definition) is 5. The summed E-state index contributed by atoms with van der Waals surface area (Å²) < 4.78 is 16.4. The fourth-order valence-electron chi connectivity index (χ4n) is 3.88. The van der Waals surface area contributed by atoms with Gasteiger partial charge in [0.25, 0.3) is 0 Å². The van der Waals surface area contributed by atoms with Gasteiger partial charge in [0.05, 0.1) is 18.8 Å². The van der Waals surface area contributed by atoms with Crippen molar-refractivity contribution in [3.63, 3.8) is 0 Å². The Bertz CT molecular complexity index is 699. The second-order valence-electron chi connectivity index (χ2n) is 7.71. The van der Waals surface area contributed by atoms with Crippen LogP contribution < -0.4 is 0 Å². The lowest BCUT2D eigenvalue weighted by Gasteiger charge is -2.14. The van der Waals surface area contributed by atoms with Crippen molar-refractivity contribution >= 4 is 11.9 Å². The molecule has 0 saturated carbocycles. The third-order valence-electron chi connectivity index (χ3n) is 5.78. The molecule has 3 unspecified atom stereocenters. The summed E-state index contributed by atoms with van der Waals surface area (Å²) in [4.78, 5) is 24.1. The lowest BCUT2D eigenvalue weighted by Crippen LogP contribution is -2.13. The number of esters is 2. The van der Waals surface area contributed by atoms with Gasteiger partial charge in [-0.05, 0) is 70.9 Å². The van der Waals surface area contributed by atoms with Gasteiger partial charge in [0.1, 0.15) is 6.10 Å². The topological polar surface area (TPSA) is 65.1 Å². The van der Waals surface area contributed by atoms with Crippen LogP contribution in [-0.4, -0.2) is 36.9 Å². The van der Waals surface area contributed by atoms with E-state index in [1.54, 1.807) is 6.92 Å². The molecule has 0 aromatic carbocycles. The molecule has 0 aromatic rings. The summed E-state index contributed by atoms with van der Waals surface area (Å²) in [5, 5.41) is 0. The molecule has 0 radical (unpaired) electrons. The van der Waals surface area contributed by atoms with E-state index < -0.39 is 0 Å². The van der Waals surface area contributed by atoms with Crippen LogP contribution in [0.2, 0.25) is 0 Å². The third-order valence-corrected chi connectivity index (χ3v) is 5.78. The van der Waals surface area contributed by atoms with Gasteiger partial charge in [-0.15, -0.1) is 0 Å². The summed E-state index contributed by atoms with van der Waals surface area (Å²) in [5.74, 6) is -0.567. The molecular formula is C21H28O5. The molecule has 0 N–H and O–H groups in total. The maximum Gasteiger partial charge on any atom is 0.334 e. The first kappa shape index (κ1) is 18.9. The van der Waals surface area contributed by atoms with Gasteiger partial charge >= 0.3 is 11.9 Å². The molecule has 2 heterocycles. The highest BCUT2D eigenvalue weighted by atomic mass is 16.6. The smallest absolute Gasteiger partial charge is 0.334 e. The first-order valence-electron chi connectivity index (χ1n) is 9.37. The average molecular weight is 360 g/mol. The summed E-state index contributed by atoms with van der Waals surface area (Å²) in [7, 11) is 1.40. The zero-order chi connectivity index (χ0) is 18.9. The molecular weight excluding hydrogens is 332 g/mol. The van der Waals surface area contributed by atoms with Crippen LogP contribution in [0, 0.1) is 0 Å². The van der Waals surface area contributed by atoms with E-state index in [2.05, 4.69) is 13.8 Å². The van der Waals surface area contributed by atoms with Crippen molar-refractivity contribution < 1.29 is 23.8 Å². The normalized spacial score (nSPS) is 32.5. The molecule has 5 heteroatoms. The Labute approximate surface area is 155 Å². The van der Waals surface area contributed by atoms with Crippen LogP contribution in [0.4, 0.5) is 0 Å². The maximum absolute atomic E-state index is 12.1. The van der Waals surface area contributed by atoms with Crippen molar-refractivity contribution in [2.24, 2.45) is 0 Å². The maximum atomic E-state index is 12.1. The molecule has 3 aliphatic rings. The van der Waals surface area contributed by atoms with Gasteiger partial charge in [0.15, 0.2) is 0 Å². The largest absolute Gasteiger partial charge is 0.466 e. The lowest BCUT2D eigenvalue weighted by molar-refractivity contribution is -0.138. The Hall–Kier alpha value is -1.88. The highest BCUT2D eigenvalue weighted by molar-refractivity contribution is 5.92. The van der Waals surface area contributed by atoms with Crippen molar-refractivity contribution in [2.75, 3.05) is 7.11 Å². The van der Waals surface area contributed by atoms with Gasteiger partial charge in [0.2, 0.25) is 0 Å². The van der Waals surface area contributed by atoms with Crippen LogP contribution in [0.1, 0.15) is 59.3 Å². The van der Waals surface area contributed by atoms with Crippen molar-refractivity contribution in [3.05, 3.63) is 34.4 Å². The minimum absolute atomic E-state index is 0.0936. The number of fused-ring (bicyclic) bond motifs is 2. The minimum atomic E-state index is -0.323. The number of carbonyl (C=O) groups is 2. The van der Waals surface area contributed by atoms with E-state index in [1.165, 1.54) is 12.7 Å². The van der Waals surface area contributed by atoms with Crippen molar-refractivity contribution in [2.45, 2.75) is 77.1 Å². The van der Waals surface area contributed by atoms with Gasteiger partial charge < -0.3 is 14.2 Å². The predicted molar refractivity (Wildman–Crippen MR) is 97.4 cm³/mol. The van der Waals surface area contributed by atoms with E-state index in [-0.39, 0.29) is 29.7 Å². The first-order valence-corrected chi connectivity index (χ1v) is 9.37. The van der Waals surface area contributed by atoms with E-state index >= 15 is 0 Å². The fourth-order valence-corrected chi connectivity index (χ4v) is 3.88. The molecule has 26 heavy (non-hydrogen) atoms. The summed E-state index contributed by atoms with van der Waals surface area (Å²) >= 11 is 0. The number of hydrogen-bond donors (Lipinski definition) is 0. The summed E-state index contributed by atoms with van der Waals surface area (Å²) in [5.41, 5.74) is 3.39. The van der Waals surface area contributed by atoms with Crippen molar-refractivity contribution in [1.29, 1.82) is 0 Å². The summed E-state index contributed by atoms with van der Waals surface area (Å²) in [6.07, 6.45) is 8.67. The molecule has 0 amide bonds. The lowest BCUT2D eigenvalue weighted by atomic mass is 9.92. The van der Waals surface area contributed by atoms with Crippen LogP contribution in [0.3, 0.4) is 0 Å². The average Bonchev–Trinajstić information content (AvgIpc) is 3.18. The molecule has 0 spiro atoms. The summed E-state index contributed by atoms with van der Waals surface area (Å²) in [6.45, 7) is 6.01. The van der Waals surface area contributed by atoms with E-state index in [1.807, 2.05) is 12.2 Å². The van der Waals surface area contributed by atoms with Gasteiger partial charge in [-0.2, -0.15) is 0 Å². The number of allylic oxidation sites excluding steroid dienone is 2. The Morgan fingerprint density at radius 3 is 2.77 bits per heavy atom. The van der Waals surface area contributed by atoms with E-state index in [0.29, 0.717) is 24.0 Å². The predicted octanol–water partition coefficient (Wildman–Crippen LogP) is 3.79. The van der Waals surface area contributed by atoms with E-state index in [4.69, 9.17) is 14.2 Å². The van der Waals surface area contributed by atoms with Crippen LogP contribution in [0.25, 0.3) is 0 Å². The molecule has 3 rings (SSSR count). The van der Waals surface area contributed by atoms with Crippen molar-refractivity contribution in [1.82, 2.24) is 0 Å². The second-order valence-corrected chi connectivity index (χ2v) is 7.71. The molecule has 2 aliphatic heterocycles. The number of carbonyl (C=O) groups excluding carboxylic acids is 2. The number of methoxy groups -OCH3 is 1. The zero-order valence-corrected chi connectivity index (χ0v) is 16.1. The fraction of sp³-hybridized carbons (Fsp3) is 0.619. The monoisotopic (exact) mass is 360 g/mol. The van der Waals surface area contributed by atoms with Crippen LogP contribution >= 0.6 is 0 Å². The SMILES string of the molecule is COC(=O)C1=CCCC2(C)OC2CCC(C)=CC2OC(=O)C(C)=C2CC1. The van der Waals surface area contributed by atoms with Crippen LogP contribution in [0.15, 0.2) is 34.4 Å². The zero-order valence-electron chi connectivity index (χ0n) is 16.1. The molecule has 5 nitrogen and oxygen atoms in total. The van der Waals surface area contributed by atoms with E-state index in [9.17, 15) is 9.59 Å². The van der Waals surface area contributed by atoms with Gasteiger partial charge in [-0.1, -0.05) is 11.6 Å².